The summed E-state index contributed by atoms with van der Waals surface area (Å²) in [6, 6.07) is 13.6. The van der Waals surface area contributed by atoms with Crippen LogP contribution in [0.5, 0.6) is 0 Å². The Balaban J connectivity index is 0.00000300. The van der Waals surface area contributed by atoms with Crippen LogP contribution in [0.2, 0.25) is 0 Å². The van der Waals surface area contributed by atoms with Crippen LogP contribution in [-0.2, 0) is 13.1 Å². The van der Waals surface area contributed by atoms with Crippen molar-refractivity contribution in [1.29, 1.82) is 0 Å². The van der Waals surface area contributed by atoms with Crippen LogP contribution in [0.3, 0.4) is 0 Å². The Labute approximate surface area is 196 Å². The fourth-order valence-electron chi connectivity index (χ4n) is 3.53. The van der Waals surface area contributed by atoms with Crippen molar-refractivity contribution in [3.63, 3.8) is 0 Å². The number of hydrogen-bond acceptors (Lipinski definition) is 4. The van der Waals surface area contributed by atoms with E-state index in [-0.39, 0.29) is 24.0 Å². The molecule has 0 radical (unpaired) electrons. The molecule has 1 aromatic heterocycles. The molecule has 0 amide bonds. The Morgan fingerprint density at radius 1 is 1.21 bits per heavy atom. The lowest BCUT2D eigenvalue weighted by molar-refractivity contribution is 0.345. The Kier molecular flexibility index (Phi) is 10.2. The van der Waals surface area contributed by atoms with Gasteiger partial charge < -0.3 is 20.4 Å². The topological polar surface area (TPSA) is 42.9 Å². The molecule has 0 unspecified atom stereocenters. The van der Waals surface area contributed by atoms with E-state index in [2.05, 4.69) is 81.2 Å². The molecule has 7 heteroatoms. The van der Waals surface area contributed by atoms with Gasteiger partial charge in [-0.05, 0) is 55.1 Å². The third-order valence-corrected chi connectivity index (χ3v) is 6.25. The van der Waals surface area contributed by atoms with Crippen molar-refractivity contribution in [2.75, 3.05) is 38.6 Å². The van der Waals surface area contributed by atoms with Gasteiger partial charge in [-0.3, -0.25) is 4.99 Å². The number of halogens is 1. The SMILES string of the molecule is CCN(C)Cc1cccc(CNC(=NC)NC2CCN(c3cccs3)CC2)c1.I. The lowest BCUT2D eigenvalue weighted by atomic mass is 10.1. The summed E-state index contributed by atoms with van der Waals surface area (Å²) in [7, 11) is 4.00. The molecule has 3 rings (SSSR count). The van der Waals surface area contributed by atoms with Gasteiger partial charge in [-0.25, -0.2) is 0 Å². The van der Waals surface area contributed by atoms with Gasteiger partial charge in [0.2, 0.25) is 0 Å². The number of aliphatic imine (C=N–C) groups is 1. The van der Waals surface area contributed by atoms with E-state index < -0.39 is 0 Å². The normalized spacial score (nSPS) is 15.3. The first-order valence-corrected chi connectivity index (χ1v) is 11.1. The van der Waals surface area contributed by atoms with Crippen molar-refractivity contribution in [2.24, 2.45) is 4.99 Å². The van der Waals surface area contributed by atoms with E-state index in [0.717, 1.165) is 51.5 Å². The van der Waals surface area contributed by atoms with Crippen LogP contribution in [0, 0.1) is 0 Å². The minimum atomic E-state index is 0. The number of piperidine rings is 1. The third kappa shape index (κ3) is 7.46. The molecule has 0 bridgehead atoms. The van der Waals surface area contributed by atoms with Gasteiger partial charge >= 0.3 is 0 Å². The van der Waals surface area contributed by atoms with Crippen molar-refractivity contribution in [2.45, 2.75) is 38.9 Å². The summed E-state index contributed by atoms with van der Waals surface area (Å²) in [6.45, 7) is 7.22. The quantitative estimate of drug-likeness (QED) is 0.323. The highest BCUT2D eigenvalue weighted by atomic mass is 127. The van der Waals surface area contributed by atoms with E-state index in [9.17, 15) is 0 Å². The van der Waals surface area contributed by atoms with Crippen molar-refractivity contribution in [1.82, 2.24) is 15.5 Å². The predicted octanol–water partition coefficient (Wildman–Crippen LogP) is 4.15. The molecule has 0 saturated carbocycles. The number of thiophene rings is 1. The van der Waals surface area contributed by atoms with E-state index in [1.54, 1.807) is 0 Å². The first-order valence-electron chi connectivity index (χ1n) is 10.2. The van der Waals surface area contributed by atoms with Gasteiger partial charge in [-0.2, -0.15) is 0 Å². The van der Waals surface area contributed by atoms with Crippen LogP contribution in [0.15, 0.2) is 46.8 Å². The van der Waals surface area contributed by atoms with Gasteiger partial charge in [-0.1, -0.05) is 31.2 Å². The van der Waals surface area contributed by atoms with Crippen molar-refractivity contribution < 1.29 is 0 Å². The van der Waals surface area contributed by atoms with Gasteiger partial charge in [0.15, 0.2) is 5.96 Å². The van der Waals surface area contributed by atoms with E-state index in [0.29, 0.717) is 6.04 Å². The number of anilines is 1. The largest absolute Gasteiger partial charge is 0.363 e. The number of rotatable bonds is 7. The minimum absolute atomic E-state index is 0. The van der Waals surface area contributed by atoms with E-state index >= 15 is 0 Å². The summed E-state index contributed by atoms with van der Waals surface area (Å²) in [5.74, 6) is 0.894. The van der Waals surface area contributed by atoms with E-state index in [1.807, 2.05) is 18.4 Å². The summed E-state index contributed by atoms with van der Waals surface area (Å²) in [5, 5.41) is 10.6. The van der Waals surface area contributed by atoms with Gasteiger partial charge in [0.25, 0.3) is 0 Å². The number of nitrogens with zero attached hydrogens (tertiary/aromatic N) is 3. The highest BCUT2D eigenvalue weighted by Crippen LogP contribution is 2.24. The summed E-state index contributed by atoms with van der Waals surface area (Å²) < 4.78 is 0. The van der Waals surface area contributed by atoms with Gasteiger partial charge in [0, 0.05) is 39.3 Å². The van der Waals surface area contributed by atoms with Crippen molar-refractivity contribution in [3.05, 3.63) is 52.9 Å². The molecule has 1 saturated heterocycles. The van der Waals surface area contributed by atoms with Crippen LogP contribution in [0.1, 0.15) is 30.9 Å². The van der Waals surface area contributed by atoms with Gasteiger partial charge in [0.1, 0.15) is 0 Å². The molecular formula is C22H34IN5S. The van der Waals surface area contributed by atoms with E-state index in [4.69, 9.17) is 0 Å². The summed E-state index contributed by atoms with van der Waals surface area (Å²) in [4.78, 5) is 9.22. The summed E-state index contributed by atoms with van der Waals surface area (Å²) in [5.41, 5.74) is 2.64. The second-order valence-corrected chi connectivity index (χ2v) is 8.36. The zero-order valence-electron chi connectivity index (χ0n) is 17.7. The fourth-order valence-corrected chi connectivity index (χ4v) is 4.31. The van der Waals surface area contributed by atoms with Crippen LogP contribution in [0.25, 0.3) is 0 Å². The van der Waals surface area contributed by atoms with E-state index in [1.165, 1.54) is 16.1 Å². The number of guanidine groups is 1. The zero-order chi connectivity index (χ0) is 19.8. The molecule has 0 spiro atoms. The maximum atomic E-state index is 4.42. The zero-order valence-corrected chi connectivity index (χ0v) is 20.9. The maximum absolute atomic E-state index is 4.42. The van der Waals surface area contributed by atoms with Crippen LogP contribution in [-0.4, -0.2) is 50.6 Å². The molecular weight excluding hydrogens is 493 g/mol. The predicted molar refractivity (Wildman–Crippen MR) is 137 cm³/mol. The summed E-state index contributed by atoms with van der Waals surface area (Å²) >= 11 is 1.83. The molecule has 29 heavy (non-hydrogen) atoms. The van der Waals surface area contributed by atoms with Crippen molar-refractivity contribution in [3.8, 4) is 0 Å². The molecule has 2 aromatic rings. The molecule has 2 N–H and O–H groups in total. The Hall–Kier alpha value is -1.32. The standard InChI is InChI=1S/C22H33N5S.HI/c1-4-26(3)17-19-8-5-7-18(15-19)16-24-22(23-2)25-20-10-12-27(13-11-20)21-9-6-14-28-21;/h5-9,14-15,20H,4,10-13,16-17H2,1-3H3,(H2,23,24,25);1H. The molecule has 1 aliphatic rings. The second kappa shape index (κ2) is 12.4. The molecule has 0 atom stereocenters. The van der Waals surface area contributed by atoms with Gasteiger partial charge in [-0.15, -0.1) is 35.3 Å². The molecule has 5 nitrogen and oxygen atoms in total. The fraction of sp³-hybridized carbons (Fsp3) is 0.500. The maximum Gasteiger partial charge on any atom is 0.191 e. The molecule has 160 valence electrons. The van der Waals surface area contributed by atoms with Crippen LogP contribution in [0.4, 0.5) is 5.00 Å². The third-order valence-electron chi connectivity index (χ3n) is 5.32. The number of benzene rings is 1. The average molecular weight is 528 g/mol. The monoisotopic (exact) mass is 527 g/mol. The first kappa shape index (κ1) is 24.0. The van der Waals surface area contributed by atoms with Crippen molar-refractivity contribution >= 4 is 46.3 Å². The Morgan fingerprint density at radius 2 is 1.97 bits per heavy atom. The Bertz CT molecular complexity index is 741. The minimum Gasteiger partial charge on any atom is -0.363 e. The average Bonchev–Trinajstić information content (AvgIpc) is 3.26. The molecule has 1 fully saturated rings. The lowest BCUT2D eigenvalue weighted by Gasteiger charge is -2.33. The number of hydrogen-bond donors (Lipinski definition) is 2. The summed E-state index contributed by atoms with van der Waals surface area (Å²) in [6.07, 6.45) is 2.27. The number of nitrogens with one attached hydrogen (secondary N) is 2. The molecule has 1 aromatic carbocycles. The molecule has 1 aliphatic heterocycles. The van der Waals surface area contributed by atoms with Crippen LogP contribution < -0.4 is 15.5 Å². The lowest BCUT2D eigenvalue weighted by Crippen LogP contribution is -2.48. The smallest absolute Gasteiger partial charge is 0.191 e. The first-order chi connectivity index (χ1) is 13.7. The van der Waals surface area contributed by atoms with Gasteiger partial charge in [0.05, 0.1) is 5.00 Å². The molecule has 0 aliphatic carbocycles. The molecule has 2 heterocycles. The highest BCUT2D eigenvalue weighted by Gasteiger charge is 2.20. The van der Waals surface area contributed by atoms with Crippen LogP contribution >= 0.6 is 35.3 Å². The Morgan fingerprint density at radius 3 is 2.62 bits per heavy atom. The highest BCUT2D eigenvalue weighted by molar-refractivity contribution is 14.0. The second-order valence-electron chi connectivity index (χ2n) is 7.43.